The normalized spacial score (nSPS) is 20.2. The van der Waals surface area contributed by atoms with Crippen LogP contribution < -0.4 is 15.4 Å². The van der Waals surface area contributed by atoms with Gasteiger partial charge >= 0.3 is 0 Å². The SMILES string of the molecule is CCC(Oc1cccc(C)c1)C(=O)N[C@H]1CCCNC1. The molecule has 0 aliphatic carbocycles. The second-order valence-corrected chi connectivity index (χ2v) is 5.38. The van der Waals surface area contributed by atoms with Gasteiger partial charge in [-0.15, -0.1) is 0 Å². The number of carbonyl (C=O) groups excluding carboxylic acids is 1. The second-order valence-electron chi connectivity index (χ2n) is 5.38. The van der Waals surface area contributed by atoms with Crippen LogP contribution >= 0.6 is 0 Å². The van der Waals surface area contributed by atoms with Crippen molar-refractivity contribution in [2.45, 2.75) is 45.3 Å². The Balaban J connectivity index is 1.91. The Hall–Kier alpha value is -1.55. The van der Waals surface area contributed by atoms with Gasteiger partial charge in [-0.25, -0.2) is 0 Å². The van der Waals surface area contributed by atoms with Crippen molar-refractivity contribution in [3.63, 3.8) is 0 Å². The van der Waals surface area contributed by atoms with Crippen molar-refractivity contribution in [1.29, 1.82) is 0 Å². The maximum atomic E-state index is 12.3. The van der Waals surface area contributed by atoms with Gasteiger partial charge in [0.05, 0.1) is 0 Å². The number of amides is 1. The van der Waals surface area contributed by atoms with E-state index in [2.05, 4.69) is 10.6 Å². The van der Waals surface area contributed by atoms with E-state index in [9.17, 15) is 4.79 Å². The molecule has 1 unspecified atom stereocenters. The summed E-state index contributed by atoms with van der Waals surface area (Å²) < 4.78 is 5.82. The van der Waals surface area contributed by atoms with Crippen LogP contribution in [0.3, 0.4) is 0 Å². The quantitative estimate of drug-likeness (QED) is 0.865. The van der Waals surface area contributed by atoms with Crippen LogP contribution in [0, 0.1) is 6.92 Å². The van der Waals surface area contributed by atoms with Crippen LogP contribution in [0.25, 0.3) is 0 Å². The van der Waals surface area contributed by atoms with Crippen molar-refractivity contribution in [3.05, 3.63) is 29.8 Å². The lowest BCUT2D eigenvalue weighted by Crippen LogP contribution is -2.49. The minimum absolute atomic E-state index is 0.0114. The molecule has 1 aromatic rings. The lowest BCUT2D eigenvalue weighted by Gasteiger charge is -2.26. The molecular weight excluding hydrogens is 252 g/mol. The standard InChI is InChI=1S/C16H24N2O2/c1-3-15(20-14-8-4-6-12(2)10-14)16(19)18-13-7-5-9-17-11-13/h4,6,8,10,13,15,17H,3,5,7,9,11H2,1-2H3,(H,18,19)/t13-,15?/m0/s1. The highest BCUT2D eigenvalue weighted by molar-refractivity contribution is 5.81. The molecule has 0 spiro atoms. The Morgan fingerprint density at radius 1 is 1.55 bits per heavy atom. The molecule has 1 aliphatic rings. The van der Waals surface area contributed by atoms with Gasteiger partial charge in [0.1, 0.15) is 5.75 Å². The number of rotatable bonds is 5. The van der Waals surface area contributed by atoms with E-state index in [1.807, 2.05) is 38.1 Å². The lowest BCUT2D eigenvalue weighted by atomic mass is 10.1. The molecular formula is C16H24N2O2. The molecule has 0 radical (unpaired) electrons. The van der Waals surface area contributed by atoms with Crippen LogP contribution in [0.15, 0.2) is 24.3 Å². The molecule has 1 heterocycles. The maximum absolute atomic E-state index is 12.3. The van der Waals surface area contributed by atoms with Gasteiger partial charge in [0, 0.05) is 12.6 Å². The van der Waals surface area contributed by atoms with Crippen LogP contribution in [-0.4, -0.2) is 31.1 Å². The van der Waals surface area contributed by atoms with Crippen molar-refractivity contribution in [1.82, 2.24) is 10.6 Å². The molecule has 1 amide bonds. The number of hydrogen-bond acceptors (Lipinski definition) is 3. The minimum atomic E-state index is -0.418. The lowest BCUT2D eigenvalue weighted by molar-refractivity contribution is -0.129. The van der Waals surface area contributed by atoms with Crippen LogP contribution in [0.4, 0.5) is 0 Å². The zero-order valence-corrected chi connectivity index (χ0v) is 12.3. The number of benzene rings is 1. The Kier molecular flexibility index (Phi) is 5.41. The number of hydrogen-bond donors (Lipinski definition) is 2. The molecule has 0 bridgehead atoms. The summed E-state index contributed by atoms with van der Waals surface area (Å²) in [6.07, 6.45) is 2.40. The Bertz CT molecular complexity index is 442. The van der Waals surface area contributed by atoms with E-state index in [-0.39, 0.29) is 11.9 Å². The van der Waals surface area contributed by atoms with Gasteiger partial charge in [-0.1, -0.05) is 19.1 Å². The molecule has 2 rings (SSSR count). The van der Waals surface area contributed by atoms with Gasteiger partial charge in [-0.05, 0) is 50.4 Å². The molecule has 1 aliphatic heterocycles. The number of carbonyl (C=O) groups is 1. The van der Waals surface area contributed by atoms with Crippen molar-refractivity contribution >= 4 is 5.91 Å². The van der Waals surface area contributed by atoms with E-state index in [0.717, 1.165) is 37.2 Å². The van der Waals surface area contributed by atoms with E-state index in [1.165, 1.54) is 0 Å². The summed E-state index contributed by atoms with van der Waals surface area (Å²) in [6, 6.07) is 8.04. The first kappa shape index (κ1) is 14.9. The monoisotopic (exact) mass is 276 g/mol. The molecule has 2 atom stereocenters. The fourth-order valence-electron chi connectivity index (χ4n) is 2.44. The first-order valence-electron chi connectivity index (χ1n) is 7.43. The van der Waals surface area contributed by atoms with Gasteiger partial charge in [-0.3, -0.25) is 4.79 Å². The van der Waals surface area contributed by atoms with Crippen molar-refractivity contribution < 1.29 is 9.53 Å². The van der Waals surface area contributed by atoms with Gasteiger partial charge in [0.15, 0.2) is 6.10 Å². The van der Waals surface area contributed by atoms with E-state index >= 15 is 0 Å². The molecule has 0 saturated carbocycles. The summed E-state index contributed by atoms with van der Waals surface area (Å²) in [5.41, 5.74) is 1.13. The summed E-state index contributed by atoms with van der Waals surface area (Å²) >= 11 is 0. The smallest absolute Gasteiger partial charge is 0.261 e. The van der Waals surface area contributed by atoms with Crippen molar-refractivity contribution in [3.8, 4) is 5.75 Å². The van der Waals surface area contributed by atoms with Crippen LogP contribution in [0.5, 0.6) is 5.75 Å². The molecule has 4 nitrogen and oxygen atoms in total. The third kappa shape index (κ3) is 4.23. The summed E-state index contributed by atoms with van der Waals surface area (Å²) in [4.78, 5) is 12.3. The summed E-state index contributed by atoms with van der Waals surface area (Å²) in [7, 11) is 0. The van der Waals surface area contributed by atoms with Crippen LogP contribution in [0.1, 0.15) is 31.7 Å². The molecule has 1 aromatic carbocycles. The average molecular weight is 276 g/mol. The zero-order chi connectivity index (χ0) is 14.4. The number of nitrogens with one attached hydrogen (secondary N) is 2. The van der Waals surface area contributed by atoms with Gasteiger partial charge in [-0.2, -0.15) is 0 Å². The summed E-state index contributed by atoms with van der Waals surface area (Å²) in [6.45, 7) is 5.89. The van der Waals surface area contributed by atoms with Crippen LogP contribution in [-0.2, 0) is 4.79 Å². The Labute approximate surface area is 120 Å². The predicted molar refractivity (Wildman–Crippen MR) is 79.9 cm³/mol. The summed E-state index contributed by atoms with van der Waals surface area (Å²) in [5.74, 6) is 0.747. The fraction of sp³-hybridized carbons (Fsp3) is 0.562. The number of ether oxygens (including phenoxy) is 1. The maximum Gasteiger partial charge on any atom is 0.261 e. The molecule has 20 heavy (non-hydrogen) atoms. The topological polar surface area (TPSA) is 50.4 Å². The molecule has 110 valence electrons. The molecule has 1 fully saturated rings. The predicted octanol–water partition coefficient (Wildman–Crippen LogP) is 2.02. The molecule has 4 heteroatoms. The molecule has 0 aromatic heterocycles. The molecule has 1 saturated heterocycles. The van der Waals surface area contributed by atoms with E-state index in [1.54, 1.807) is 0 Å². The molecule has 2 N–H and O–H groups in total. The van der Waals surface area contributed by atoms with Crippen molar-refractivity contribution in [2.24, 2.45) is 0 Å². The van der Waals surface area contributed by atoms with Gasteiger partial charge < -0.3 is 15.4 Å². The largest absolute Gasteiger partial charge is 0.481 e. The summed E-state index contributed by atoms with van der Waals surface area (Å²) in [5, 5.41) is 6.38. The fourth-order valence-corrected chi connectivity index (χ4v) is 2.44. The van der Waals surface area contributed by atoms with Gasteiger partial charge in [0.2, 0.25) is 0 Å². The number of aryl methyl sites for hydroxylation is 1. The highest BCUT2D eigenvalue weighted by Gasteiger charge is 2.22. The van der Waals surface area contributed by atoms with E-state index in [0.29, 0.717) is 6.42 Å². The third-order valence-corrected chi connectivity index (χ3v) is 3.57. The van der Waals surface area contributed by atoms with Gasteiger partial charge in [0.25, 0.3) is 5.91 Å². The second kappa shape index (κ2) is 7.29. The highest BCUT2D eigenvalue weighted by Crippen LogP contribution is 2.15. The Morgan fingerprint density at radius 3 is 3.05 bits per heavy atom. The first-order chi connectivity index (χ1) is 9.69. The van der Waals surface area contributed by atoms with Crippen LogP contribution in [0.2, 0.25) is 0 Å². The minimum Gasteiger partial charge on any atom is -0.481 e. The first-order valence-corrected chi connectivity index (χ1v) is 7.43. The zero-order valence-electron chi connectivity index (χ0n) is 12.3. The third-order valence-electron chi connectivity index (χ3n) is 3.57. The van der Waals surface area contributed by atoms with Crippen molar-refractivity contribution in [2.75, 3.05) is 13.1 Å². The average Bonchev–Trinajstić information content (AvgIpc) is 2.46. The number of piperidine rings is 1. The van der Waals surface area contributed by atoms with E-state index in [4.69, 9.17) is 4.74 Å². The van der Waals surface area contributed by atoms with E-state index < -0.39 is 6.10 Å². The Morgan fingerprint density at radius 2 is 2.40 bits per heavy atom. The highest BCUT2D eigenvalue weighted by atomic mass is 16.5.